The Morgan fingerprint density at radius 1 is 1.22 bits per heavy atom. The van der Waals surface area contributed by atoms with Gasteiger partial charge >= 0.3 is 0 Å². The molecular weight excluding hydrogens is 250 g/mol. The van der Waals surface area contributed by atoms with E-state index in [0.717, 1.165) is 25.8 Å². The molecule has 1 N–H and O–H groups in total. The number of sulfonamides is 1. The van der Waals surface area contributed by atoms with Crippen molar-refractivity contribution in [1.82, 2.24) is 14.5 Å². The second-order valence-electron chi connectivity index (χ2n) is 5.16. The van der Waals surface area contributed by atoms with Gasteiger partial charge in [0.2, 0.25) is 10.0 Å². The molecule has 0 aliphatic carbocycles. The van der Waals surface area contributed by atoms with E-state index in [1.807, 2.05) is 0 Å². The van der Waals surface area contributed by atoms with E-state index in [1.54, 1.807) is 4.31 Å². The van der Waals surface area contributed by atoms with Gasteiger partial charge in [0.25, 0.3) is 0 Å². The highest BCUT2D eigenvalue weighted by atomic mass is 32.2. The van der Waals surface area contributed by atoms with Crippen LogP contribution in [0.15, 0.2) is 0 Å². The van der Waals surface area contributed by atoms with Crippen molar-refractivity contribution in [3.05, 3.63) is 0 Å². The molecule has 1 fully saturated rings. The molecule has 1 heterocycles. The highest BCUT2D eigenvalue weighted by molar-refractivity contribution is 7.89. The second kappa shape index (κ2) is 7.43. The van der Waals surface area contributed by atoms with Gasteiger partial charge in [-0.2, -0.15) is 0 Å². The van der Waals surface area contributed by atoms with Crippen LogP contribution in [0.4, 0.5) is 0 Å². The monoisotopic (exact) mass is 277 g/mol. The zero-order chi connectivity index (χ0) is 13.6. The number of hydrogen-bond acceptors (Lipinski definition) is 4. The van der Waals surface area contributed by atoms with Crippen molar-refractivity contribution < 1.29 is 8.42 Å². The summed E-state index contributed by atoms with van der Waals surface area (Å²) in [6.45, 7) is 4.85. The smallest absolute Gasteiger partial charge is 0.215 e. The van der Waals surface area contributed by atoms with Crippen LogP contribution in [0.3, 0.4) is 0 Å². The Labute approximate surface area is 112 Å². The van der Waals surface area contributed by atoms with Crippen LogP contribution in [0, 0.1) is 0 Å². The molecular formula is C12H27N3O2S. The predicted octanol–water partition coefficient (Wildman–Crippen LogP) is 0.342. The number of hydrogen-bond donors (Lipinski definition) is 1. The molecule has 6 heteroatoms. The molecule has 1 aliphatic rings. The van der Waals surface area contributed by atoms with Crippen LogP contribution in [0.1, 0.15) is 26.2 Å². The molecule has 0 saturated carbocycles. The molecule has 108 valence electrons. The molecule has 1 saturated heterocycles. The maximum Gasteiger partial charge on any atom is 0.215 e. The summed E-state index contributed by atoms with van der Waals surface area (Å²) in [5.74, 6) is 0.222. The van der Waals surface area contributed by atoms with E-state index in [4.69, 9.17) is 0 Å². The number of nitrogens with zero attached hydrogens (tertiary/aromatic N) is 2. The van der Waals surface area contributed by atoms with E-state index in [9.17, 15) is 8.42 Å². The first-order valence-electron chi connectivity index (χ1n) is 6.82. The van der Waals surface area contributed by atoms with Gasteiger partial charge in [0.15, 0.2) is 0 Å². The Kier molecular flexibility index (Phi) is 6.55. The van der Waals surface area contributed by atoms with E-state index >= 15 is 0 Å². The lowest BCUT2D eigenvalue weighted by Gasteiger charge is -2.34. The zero-order valence-electron chi connectivity index (χ0n) is 11.9. The Morgan fingerprint density at radius 3 is 2.33 bits per heavy atom. The molecule has 0 aromatic rings. The maximum atomic E-state index is 12.1. The quantitative estimate of drug-likeness (QED) is 0.682. The number of rotatable bonds is 7. The van der Waals surface area contributed by atoms with Crippen molar-refractivity contribution in [2.45, 2.75) is 32.2 Å². The minimum absolute atomic E-state index is 0.222. The van der Waals surface area contributed by atoms with Crippen molar-refractivity contribution in [1.29, 1.82) is 0 Å². The minimum atomic E-state index is -3.06. The molecule has 1 rings (SSSR count). The molecule has 0 amide bonds. The van der Waals surface area contributed by atoms with Crippen LogP contribution in [-0.2, 0) is 10.0 Å². The summed E-state index contributed by atoms with van der Waals surface area (Å²) in [4.78, 5) is 2.19. The van der Waals surface area contributed by atoms with Gasteiger partial charge in [0.05, 0.1) is 5.75 Å². The van der Waals surface area contributed by atoms with Crippen LogP contribution in [0.2, 0.25) is 0 Å². The third kappa shape index (κ3) is 4.84. The fourth-order valence-corrected chi connectivity index (χ4v) is 3.70. The summed E-state index contributed by atoms with van der Waals surface area (Å²) in [6.07, 6.45) is 2.91. The van der Waals surface area contributed by atoms with E-state index in [-0.39, 0.29) is 5.75 Å². The van der Waals surface area contributed by atoms with Crippen LogP contribution >= 0.6 is 0 Å². The van der Waals surface area contributed by atoms with Gasteiger partial charge in [-0.25, -0.2) is 12.7 Å². The Bertz CT molecular complexity index is 322. The number of piperidine rings is 1. The topological polar surface area (TPSA) is 52.7 Å². The van der Waals surface area contributed by atoms with E-state index in [2.05, 4.69) is 31.2 Å². The lowest BCUT2D eigenvalue weighted by molar-refractivity contribution is 0.196. The molecule has 5 nitrogen and oxygen atoms in total. The average Bonchev–Trinajstić information content (AvgIpc) is 2.35. The van der Waals surface area contributed by atoms with Gasteiger partial charge < -0.3 is 10.2 Å². The fourth-order valence-electron chi connectivity index (χ4n) is 2.27. The molecule has 0 atom stereocenters. The van der Waals surface area contributed by atoms with Crippen molar-refractivity contribution in [2.75, 3.05) is 46.0 Å². The van der Waals surface area contributed by atoms with Crippen molar-refractivity contribution in [2.24, 2.45) is 0 Å². The van der Waals surface area contributed by atoms with E-state index < -0.39 is 10.0 Å². The SMILES string of the molecule is CCCNCCS(=O)(=O)N1CCC(N(C)C)CC1. The van der Waals surface area contributed by atoms with Crippen LogP contribution in [-0.4, -0.2) is 69.7 Å². The highest BCUT2D eigenvalue weighted by Gasteiger charge is 2.28. The predicted molar refractivity (Wildman–Crippen MR) is 75.2 cm³/mol. The first-order valence-corrected chi connectivity index (χ1v) is 8.43. The lowest BCUT2D eigenvalue weighted by Crippen LogP contribution is -2.46. The van der Waals surface area contributed by atoms with Crippen LogP contribution in [0.25, 0.3) is 0 Å². The fraction of sp³-hybridized carbons (Fsp3) is 1.00. The molecule has 0 bridgehead atoms. The Hall–Kier alpha value is -0.170. The van der Waals surface area contributed by atoms with E-state index in [1.165, 1.54) is 0 Å². The zero-order valence-corrected chi connectivity index (χ0v) is 12.7. The first kappa shape index (κ1) is 15.9. The molecule has 0 spiro atoms. The van der Waals surface area contributed by atoms with Gasteiger partial charge in [0.1, 0.15) is 0 Å². The minimum Gasteiger partial charge on any atom is -0.316 e. The van der Waals surface area contributed by atoms with Crippen molar-refractivity contribution in [3.8, 4) is 0 Å². The van der Waals surface area contributed by atoms with Gasteiger partial charge in [-0.1, -0.05) is 6.92 Å². The molecule has 0 aromatic carbocycles. The molecule has 18 heavy (non-hydrogen) atoms. The van der Waals surface area contributed by atoms with Gasteiger partial charge in [-0.3, -0.25) is 0 Å². The Morgan fingerprint density at radius 2 is 1.83 bits per heavy atom. The summed E-state index contributed by atoms with van der Waals surface area (Å²) < 4.78 is 25.8. The summed E-state index contributed by atoms with van der Waals surface area (Å²) >= 11 is 0. The lowest BCUT2D eigenvalue weighted by atomic mass is 10.1. The largest absolute Gasteiger partial charge is 0.316 e. The van der Waals surface area contributed by atoms with Gasteiger partial charge in [-0.05, 0) is 39.9 Å². The molecule has 0 aromatic heterocycles. The molecule has 1 aliphatic heterocycles. The summed E-state index contributed by atoms with van der Waals surface area (Å²) in [6, 6.07) is 0.523. The van der Waals surface area contributed by atoms with Gasteiger partial charge in [0, 0.05) is 25.7 Å². The molecule has 0 unspecified atom stereocenters. The van der Waals surface area contributed by atoms with Crippen molar-refractivity contribution in [3.63, 3.8) is 0 Å². The molecule has 0 radical (unpaired) electrons. The maximum absolute atomic E-state index is 12.1. The third-order valence-corrected chi connectivity index (χ3v) is 5.38. The average molecular weight is 277 g/mol. The second-order valence-corrected chi connectivity index (χ2v) is 7.25. The van der Waals surface area contributed by atoms with E-state index in [0.29, 0.717) is 25.7 Å². The summed E-state index contributed by atoms with van der Waals surface area (Å²) in [5, 5.41) is 3.14. The van der Waals surface area contributed by atoms with Gasteiger partial charge in [-0.15, -0.1) is 0 Å². The van der Waals surface area contributed by atoms with Crippen LogP contribution in [0.5, 0.6) is 0 Å². The third-order valence-electron chi connectivity index (χ3n) is 3.51. The summed E-state index contributed by atoms with van der Waals surface area (Å²) in [5.41, 5.74) is 0. The normalized spacial score (nSPS) is 19.6. The first-order chi connectivity index (χ1) is 8.47. The van der Waals surface area contributed by atoms with Crippen LogP contribution < -0.4 is 5.32 Å². The Balaban J connectivity index is 2.36. The summed E-state index contributed by atoms with van der Waals surface area (Å²) in [7, 11) is 1.06. The standard InChI is InChI=1S/C12H27N3O2S/c1-4-7-13-8-11-18(16,17)15-9-5-12(6-10-15)14(2)3/h12-13H,4-11H2,1-3H3. The van der Waals surface area contributed by atoms with Crippen molar-refractivity contribution >= 4 is 10.0 Å². The number of nitrogens with one attached hydrogen (secondary N) is 1. The highest BCUT2D eigenvalue weighted by Crippen LogP contribution is 2.17.